The summed E-state index contributed by atoms with van der Waals surface area (Å²) in [5.41, 5.74) is 0.466. The number of esters is 1. The zero-order valence-electron chi connectivity index (χ0n) is 9.13. The van der Waals surface area contributed by atoms with Crippen molar-refractivity contribution in [3.63, 3.8) is 0 Å². The van der Waals surface area contributed by atoms with Crippen molar-refractivity contribution >= 4 is 5.97 Å². The van der Waals surface area contributed by atoms with Crippen LogP contribution in [-0.2, 0) is 14.3 Å². The largest absolute Gasteiger partial charge is 0.472 e. The van der Waals surface area contributed by atoms with Crippen molar-refractivity contribution in [2.45, 2.75) is 19.1 Å². The van der Waals surface area contributed by atoms with Crippen molar-refractivity contribution in [2.75, 3.05) is 13.7 Å². The van der Waals surface area contributed by atoms with Crippen molar-refractivity contribution in [1.29, 1.82) is 0 Å². The second kappa shape index (κ2) is 4.43. The smallest absolute Gasteiger partial charge is 0.337 e. The molecule has 5 nitrogen and oxygen atoms in total. The van der Waals surface area contributed by atoms with Gasteiger partial charge in [-0.15, -0.1) is 0 Å². The molecule has 2 unspecified atom stereocenters. The van der Waals surface area contributed by atoms with E-state index in [1.807, 2.05) is 0 Å². The molecule has 1 aliphatic heterocycles. The molecule has 5 heteroatoms. The average molecular weight is 228 g/mol. The topological polar surface area (TPSA) is 76.0 Å². The van der Waals surface area contributed by atoms with E-state index in [-0.39, 0.29) is 24.4 Å². The molecule has 90 valence electrons. The van der Waals surface area contributed by atoms with Crippen LogP contribution in [-0.4, -0.2) is 36.2 Å². The molecular formula is C11H16O5. The summed E-state index contributed by atoms with van der Waals surface area (Å²) in [4.78, 5) is 11.5. The number of hydrogen-bond acceptors (Lipinski definition) is 5. The van der Waals surface area contributed by atoms with Crippen LogP contribution in [0.1, 0.15) is 12.8 Å². The minimum Gasteiger partial charge on any atom is -0.472 e. The van der Waals surface area contributed by atoms with Crippen molar-refractivity contribution in [2.24, 2.45) is 17.8 Å². The van der Waals surface area contributed by atoms with Gasteiger partial charge in [0.2, 0.25) is 0 Å². The molecule has 1 fully saturated rings. The van der Waals surface area contributed by atoms with E-state index in [0.717, 1.165) is 12.8 Å². The highest BCUT2D eigenvalue weighted by Gasteiger charge is 2.47. The van der Waals surface area contributed by atoms with Gasteiger partial charge in [0.05, 0.1) is 18.9 Å². The van der Waals surface area contributed by atoms with Crippen LogP contribution < -0.4 is 0 Å². The van der Waals surface area contributed by atoms with Gasteiger partial charge in [-0.05, 0) is 18.8 Å². The second-order valence-corrected chi connectivity index (χ2v) is 4.30. The van der Waals surface area contributed by atoms with Gasteiger partial charge in [0.1, 0.15) is 0 Å². The summed E-state index contributed by atoms with van der Waals surface area (Å²) in [5.74, 6) is -0.689. The molecule has 4 atom stereocenters. The van der Waals surface area contributed by atoms with Gasteiger partial charge in [-0.1, -0.05) is 0 Å². The Morgan fingerprint density at radius 2 is 2.38 bits per heavy atom. The minimum absolute atomic E-state index is 0.00615. The summed E-state index contributed by atoms with van der Waals surface area (Å²) in [7, 11) is 1.32. The molecule has 0 amide bonds. The van der Waals surface area contributed by atoms with Crippen molar-refractivity contribution in [1.82, 2.24) is 0 Å². The first-order valence-corrected chi connectivity index (χ1v) is 5.41. The third-order valence-electron chi connectivity index (χ3n) is 3.58. The van der Waals surface area contributed by atoms with Gasteiger partial charge >= 0.3 is 5.97 Å². The standard InChI is InChI=1S/C11H16O5/c1-15-10(13)8-5-16-11(14)9-6(4-12)2-3-7(8)9/h5-7,9,11-12,14H,2-4H2,1H3/t6?,7-,9-,11?/m1/s1. The Labute approximate surface area is 93.7 Å². The maximum absolute atomic E-state index is 11.5. The predicted octanol–water partition coefficient (Wildman–Crippen LogP) is 0.0266. The lowest BCUT2D eigenvalue weighted by atomic mass is 9.83. The fourth-order valence-corrected chi connectivity index (χ4v) is 2.75. The molecule has 1 saturated carbocycles. The lowest BCUT2D eigenvalue weighted by Gasteiger charge is -2.32. The summed E-state index contributed by atoms with van der Waals surface area (Å²) in [6, 6.07) is 0. The predicted molar refractivity (Wildman–Crippen MR) is 54.0 cm³/mol. The van der Waals surface area contributed by atoms with Crippen LogP contribution in [0.2, 0.25) is 0 Å². The first kappa shape index (κ1) is 11.4. The number of aliphatic hydroxyl groups is 2. The summed E-state index contributed by atoms with van der Waals surface area (Å²) in [6.07, 6.45) is 1.92. The van der Waals surface area contributed by atoms with Crippen molar-refractivity contribution in [3.8, 4) is 0 Å². The quantitative estimate of drug-likeness (QED) is 0.652. The van der Waals surface area contributed by atoms with E-state index in [1.165, 1.54) is 13.4 Å². The lowest BCUT2D eigenvalue weighted by Crippen LogP contribution is -2.37. The number of ether oxygens (including phenoxy) is 2. The molecule has 2 N–H and O–H groups in total. The fourth-order valence-electron chi connectivity index (χ4n) is 2.75. The van der Waals surface area contributed by atoms with Crippen LogP contribution in [0, 0.1) is 17.8 Å². The number of methoxy groups -OCH3 is 1. The molecule has 16 heavy (non-hydrogen) atoms. The van der Waals surface area contributed by atoms with E-state index in [4.69, 9.17) is 4.74 Å². The molecular weight excluding hydrogens is 212 g/mol. The third kappa shape index (κ3) is 1.70. The zero-order chi connectivity index (χ0) is 11.7. The molecule has 0 aromatic carbocycles. The lowest BCUT2D eigenvalue weighted by molar-refractivity contribution is -0.146. The minimum atomic E-state index is -0.932. The van der Waals surface area contributed by atoms with E-state index < -0.39 is 12.3 Å². The highest BCUT2D eigenvalue weighted by Crippen LogP contribution is 2.45. The van der Waals surface area contributed by atoms with Gasteiger partial charge in [-0.2, -0.15) is 0 Å². The Hall–Kier alpha value is -1.07. The fraction of sp³-hybridized carbons (Fsp3) is 0.727. The van der Waals surface area contributed by atoms with Gasteiger partial charge < -0.3 is 19.7 Å². The SMILES string of the molecule is COC(=O)C1=COC(O)[C@@H]2C(CO)CC[C@H]12. The van der Waals surface area contributed by atoms with Crippen LogP contribution in [0.5, 0.6) is 0 Å². The van der Waals surface area contributed by atoms with E-state index in [9.17, 15) is 15.0 Å². The van der Waals surface area contributed by atoms with Crippen LogP contribution in [0.3, 0.4) is 0 Å². The van der Waals surface area contributed by atoms with Gasteiger partial charge in [0.15, 0.2) is 6.29 Å². The molecule has 0 bridgehead atoms. The molecule has 2 aliphatic rings. The monoisotopic (exact) mass is 228 g/mol. The van der Waals surface area contributed by atoms with E-state index in [2.05, 4.69) is 4.74 Å². The van der Waals surface area contributed by atoms with E-state index in [1.54, 1.807) is 0 Å². The highest BCUT2D eigenvalue weighted by molar-refractivity contribution is 5.88. The number of rotatable bonds is 2. The number of hydrogen-bond donors (Lipinski definition) is 2. The van der Waals surface area contributed by atoms with Gasteiger partial charge in [0, 0.05) is 18.4 Å². The summed E-state index contributed by atoms with van der Waals surface area (Å²) in [6.45, 7) is 0.00996. The Bertz CT molecular complexity index is 311. The molecule has 1 heterocycles. The first-order chi connectivity index (χ1) is 7.69. The third-order valence-corrected chi connectivity index (χ3v) is 3.58. The summed E-state index contributed by atoms with van der Waals surface area (Å²) < 4.78 is 9.71. The molecule has 0 aromatic heterocycles. The molecule has 1 aliphatic carbocycles. The normalized spacial score (nSPS) is 37.3. The number of fused-ring (bicyclic) bond motifs is 1. The van der Waals surface area contributed by atoms with E-state index >= 15 is 0 Å². The van der Waals surface area contributed by atoms with Crippen molar-refractivity contribution < 1.29 is 24.5 Å². The Balaban J connectivity index is 2.23. The van der Waals surface area contributed by atoms with Gasteiger partial charge in [-0.3, -0.25) is 0 Å². The van der Waals surface area contributed by atoms with Gasteiger partial charge in [-0.25, -0.2) is 4.79 Å². The maximum atomic E-state index is 11.5. The Morgan fingerprint density at radius 3 is 3.00 bits per heavy atom. The number of carbonyl (C=O) groups excluding carboxylic acids is 1. The maximum Gasteiger partial charge on any atom is 0.337 e. The molecule has 0 aromatic rings. The first-order valence-electron chi connectivity index (χ1n) is 5.41. The highest BCUT2D eigenvalue weighted by atomic mass is 16.6. The molecule has 2 rings (SSSR count). The van der Waals surface area contributed by atoms with Crippen LogP contribution in [0.15, 0.2) is 11.8 Å². The Morgan fingerprint density at radius 1 is 1.62 bits per heavy atom. The van der Waals surface area contributed by atoms with Crippen molar-refractivity contribution in [3.05, 3.63) is 11.8 Å². The second-order valence-electron chi connectivity index (χ2n) is 4.30. The van der Waals surface area contributed by atoms with Gasteiger partial charge in [0.25, 0.3) is 0 Å². The molecule has 0 saturated heterocycles. The average Bonchev–Trinajstić information content (AvgIpc) is 2.73. The molecule has 0 radical (unpaired) electrons. The summed E-state index contributed by atoms with van der Waals surface area (Å²) in [5, 5.41) is 18.9. The molecule has 0 spiro atoms. The van der Waals surface area contributed by atoms with Crippen LogP contribution in [0.25, 0.3) is 0 Å². The van der Waals surface area contributed by atoms with Crippen LogP contribution in [0.4, 0.5) is 0 Å². The van der Waals surface area contributed by atoms with Crippen LogP contribution >= 0.6 is 0 Å². The zero-order valence-corrected chi connectivity index (χ0v) is 9.13. The van der Waals surface area contributed by atoms with E-state index in [0.29, 0.717) is 5.57 Å². The number of aliphatic hydroxyl groups excluding tert-OH is 2. The Kier molecular flexibility index (Phi) is 3.16. The summed E-state index contributed by atoms with van der Waals surface area (Å²) >= 11 is 0. The number of carbonyl (C=O) groups is 1.